The lowest BCUT2D eigenvalue weighted by Gasteiger charge is -2.43. The summed E-state index contributed by atoms with van der Waals surface area (Å²) in [5, 5.41) is 0. The second-order valence-electron chi connectivity index (χ2n) is 6.03. The monoisotopic (exact) mass is 316 g/mol. The molecule has 0 spiro atoms. The van der Waals surface area contributed by atoms with Gasteiger partial charge >= 0.3 is 0 Å². The van der Waals surface area contributed by atoms with Crippen molar-refractivity contribution in [3.63, 3.8) is 0 Å². The summed E-state index contributed by atoms with van der Waals surface area (Å²) in [6, 6.07) is 0. The van der Waals surface area contributed by atoms with Gasteiger partial charge in [0.25, 0.3) is 0 Å². The molecule has 0 N–H and O–H groups in total. The van der Waals surface area contributed by atoms with Crippen molar-refractivity contribution in [1.82, 2.24) is 14.0 Å². The summed E-state index contributed by atoms with van der Waals surface area (Å²) < 4.78 is 7.76. The fourth-order valence-electron chi connectivity index (χ4n) is 2.23. The minimum absolute atomic E-state index is 0.0204. The average molecular weight is 316 g/mol. The molecule has 0 saturated carbocycles. The molecule has 21 heavy (non-hydrogen) atoms. The molecular weight excluding hydrogens is 279 g/mol. The molecule has 0 atom stereocenters. The zero-order valence-electron chi connectivity index (χ0n) is 15.6. The van der Waals surface area contributed by atoms with Crippen LogP contribution >= 0.6 is 8.37 Å². The molecule has 0 aromatic carbocycles. The van der Waals surface area contributed by atoms with E-state index in [1.807, 2.05) is 0 Å². The summed E-state index contributed by atoms with van der Waals surface area (Å²) in [5.41, 5.74) is 0.0204. The van der Waals surface area contributed by atoms with Crippen molar-refractivity contribution in [1.29, 1.82) is 0 Å². The van der Waals surface area contributed by atoms with Crippen LogP contribution in [-0.4, -0.2) is 65.0 Å². The van der Waals surface area contributed by atoms with E-state index in [1.54, 1.807) is 0 Å². The van der Waals surface area contributed by atoms with Crippen molar-refractivity contribution >= 4 is 14.6 Å². The van der Waals surface area contributed by atoms with Crippen LogP contribution in [-0.2, 0) is 0 Å². The Balaban J connectivity index is 5.10. The zero-order chi connectivity index (χ0) is 16.5. The SMILES string of the molecule is CCN(CC)P(N(CC)CC)N(CC)CC=NC(C)(C)C. The van der Waals surface area contributed by atoms with E-state index in [1.165, 1.54) is 0 Å². The summed E-state index contributed by atoms with van der Waals surface area (Å²) in [6.45, 7) is 24.2. The normalized spacial score (nSPS) is 13.5. The van der Waals surface area contributed by atoms with Crippen LogP contribution < -0.4 is 0 Å². The van der Waals surface area contributed by atoms with E-state index < -0.39 is 8.37 Å². The van der Waals surface area contributed by atoms with Crippen LogP contribution in [0.2, 0.25) is 0 Å². The van der Waals surface area contributed by atoms with Crippen LogP contribution in [0.15, 0.2) is 4.99 Å². The van der Waals surface area contributed by atoms with Gasteiger partial charge in [-0.15, -0.1) is 0 Å². The van der Waals surface area contributed by atoms with Gasteiger partial charge in [-0.25, -0.2) is 0 Å². The molecule has 0 bridgehead atoms. The van der Waals surface area contributed by atoms with Crippen molar-refractivity contribution in [3.05, 3.63) is 0 Å². The maximum absolute atomic E-state index is 4.66. The van der Waals surface area contributed by atoms with Gasteiger partial charge in [-0.2, -0.15) is 0 Å². The Kier molecular flexibility index (Phi) is 10.7. The molecule has 126 valence electrons. The van der Waals surface area contributed by atoms with Crippen LogP contribution in [0.4, 0.5) is 0 Å². The average Bonchev–Trinajstić information content (AvgIpc) is 2.43. The van der Waals surface area contributed by atoms with Gasteiger partial charge in [0.2, 0.25) is 0 Å². The lowest BCUT2D eigenvalue weighted by atomic mass is 10.1. The van der Waals surface area contributed by atoms with Crippen molar-refractivity contribution in [2.45, 2.75) is 60.9 Å². The summed E-state index contributed by atoms with van der Waals surface area (Å²) in [5.74, 6) is 0. The minimum atomic E-state index is -0.390. The molecule has 0 saturated heterocycles. The third-order valence-electron chi connectivity index (χ3n) is 3.36. The summed E-state index contributed by atoms with van der Waals surface area (Å²) >= 11 is 0. The number of hydrogen-bond acceptors (Lipinski definition) is 4. The number of rotatable bonds is 10. The zero-order valence-corrected chi connectivity index (χ0v) is 16.5. The molecule has 0 radical (unpaired) electrons. The molecule has 0 amide bonds. The fourth-order valence-corrected chi connectivity index (χ4v) is 4.78. The Bertz CT molecular complexity index is 268. The predicted octanol–water partition coefficient (Wildman–Crippen LogP) is 4.09. The van der Waals surface area contributed by atoms with Gasteiger partial charge in [0, 0.05) is 45.5 Å². The molecule has 0 rings (SSSR count). The van der Waals surface area contributed by atoms with Crippen molar-refractivity contribution < 1.29 is 0 Å². The van der Waals surface area contributed by atoms with Gasteiger partial charge in [-0.05, 0) is 20.8 Å². The van der Waals surface area contributed by atoms with Gasteiger partial charge < -0.3 is 0 Å². The molecule has 0 aliphatic heterocycles. The van der Waals surface area contributed by atoms with E-state index in [0.717, 1.165) is 39.3 Å². The highest BCUT2D eigenvalue weighted by molar-refractivity contribution is 7.50. The fraction of sp³-hybridized carbons (Fsp3) is 0.938. The molecule has 0 unspecified atom stereocenters. The van der Waals surface area contributed by atoms with E-state index in [-0.39, 0.29) is 5.54 Å². The third-order valence-corrected chi connectivity index (χ3v) is 6.45. The maximum atomic E-state index is 4.66. The first-order valence-corrected chi connectivity index (χ1v) is 9.62. The predicted molar refractivity (Wildman–Crippen MR) is 98.3 cm³/mol. The van der Waals surface area contributed by atoms with Gasteiger partial charge in [-0.1, -0.05) is 34.6 Å². The lowest BCUT2D eigenvalue weighted by molar-refractivity contribution is 0.361. The van der Waals surface area contributed by atoms with Crippen molar-refractivity contribution in [2.24, 2.45) is 4.99 Å². The van der Waals surface area contributed by atoms with Gasteiger partial charge in [-0.3, -0.25) is 19.0 Å². The molecule has 0 aromatic heterocycles. The van der Waals surface area contributed by atoms with Crippen LogP contribution in [0.25, 0.3) is 0 Å². The van der Waals surface area contributed by atoms with E-state index in [9.17, 15) is 0 Å². The maximum Gasteiger partial charge on any atom is 0.120 e. The lowest BCUT2D eigenvalue weighted by Crippen LogP contribution is -2.38. The molecule has 0 heterocycles. The number of nitrogens with zero attached hydrogens (tertiary/aromatic N) is 4. The van der Waals surface area contributed by atoms with Crippen LogP contribution in [0, 0.1) is 0 Å². The highest BCUT2D eigenvalue weighted by Gasteiger charge is 2.27. The first-order chi connectivity index (χ1) is 9.84. The largest absolute Gasteiger partial charge is 0.290 e. The second-order valence-corrected chi connectivity index (χ2v) is 8.27. The van der Waals surface area contributed by atoms with Gasteiger partial charge in [0.15, 0.2) is 0 Å². The van der Waals surface area contributed by atoms with E-state index in [4.69, 9.17) is 0 Å². The Morgan fingerprint density at radius 1 is 0.762 bits per heavy atom. The van der Waals surface area contributed by atoms with Crippen molar-refractivity contribution in [3.8, 4) is 0 Å². The molecule has 4 nitrogen and oxygen atoms in total. The first-order valence-electron chi connectivity index (χ1n) is 8.42. The number of aliphatic imine (C=N–C) groups is 1. The summed E-state index contributed by atoms with van der Waals surface area (Å²) in [6.07, 6.45) is 2.10. The van der Waals surface area contributed by atoms with Crippen LogP contribution in [0.3, 0.4) is 0 Å². The standard InChI is InChI=1S/C16H37N4P/c1-9-18(10-2)21(19(11-3)12-4)20(13-5)15-14-17-16(6,7)8/h14H,9-13,15H2,1-8H3. The molecule has 0 fully saturated rings. The Hall–Kier alpha value is -0.0200. The Labute approximate surface area is 134 Å². The molecular formula is C16H37N4P. The Morgan fingerprint density at radius 2 is 1.14 bits per heavy atom. The molecule has 5 heteroatoms. The van der Waals surface area contributed by atoms with E-state index in [0.29, 0.717) is 0 Å². The first kappa shape index (κ1) is 21.0. The summed E-state index contributed by atoms with van der Waals surface area (Å²) in [7, 11) is -0.390. The molecule has 0 aliphatic carbocycles. The van der Waals surface area contributed by atoms with Gasteiger partial charge in [0.1, 0.15) is 8.37 Å². The quantitative estimate of drug-likeness (QED) is 0.448. The number of hydrogen-bond donors (Lipinski definition) is 0. The minimum Gasteiger partial charge on any atom is -0.290 e. The van der Waals surface area contributed by atoms with Crippen molar-refractivity contribution in [2.75, 3.05) is 39.3 Å². The third kappa shape index (κ3) is 7.69. The topological polar surface area (TPSA) is 22.1 Å². The van der Waals surface area contributed by atoms with Crippen LogP contribution in [0.5, 0.6) is 0 Å². The Morgan fingerprint density at radius 3 is 1.43 bits per heavy atom. The molecule has 0 aliphatic rings. The highest BCUT2D eigenvalue weighted by Crippen LogP contribution is 2.46. The molecule has 0 aromatic rings. The summed E-state index contributed by atoms with van der Waals surface area (Å²) in [4.78, 5) is 4.66. The highest BCUT2D eigenvalue weighted by atomic mass is 31.2. The van der Waals surface area contributed by atoms with E-state index >= 15 is 0 Å². The van der Waals surface area contributed by atoms with Gasteiger partial charge in [0.05, 0.1) is 5.54 Å². The van der Waals surface area contributed by atoms with E-state index in [2.05, 4.69) is 80.6 Å². The van der Waals surface area contributed by atoms with Crippen LogP contribution in [0.1, 0.15) is 55.4 Å². The second kappa shape index (κ2) is 10.7. The smallest absolute Gasteiger partial charge is 0.120 e.